The average Bonchev–Trinajstić information content (AvgIpc) is 3.34. The van der Waals surface area contributed by atoms with Gasteiger partial charge in [0.25, 0.3) is 5.56 Å². The summed E-state index contributed by atoms with van der Waals surface area (Å²) in [5.74, 6) is 2.06. The zero-order valence-corrected chi connectivity index (χ0v) is 15.8. The molecule has 1 aliphatic rings. The molecule has 28 heavy (non-hydrogen) atoms. The number of aromatic nitrogens is 6. The Morgan fingerprint density at radius 1 is 1.14 bits per heavy atom. The number of piperidine rings is 1. The van der Waals surface area contributed by atoms with Crippen LogP contribution in [-0.2, 0) is 24.9 Å². The Balaban J connectivity index is 1.36. The van der Waals surface area contributed by atoms with Crippen LogP contribution in [-0.4, -0.2) is 53.0 Å². The van der Waals surface area contributed by atoms with Gasteiger partial charge >= 0.3 is 0 Å². The molecule has 0 aliphatic carbocycles. The summed E-state index contributed by atoms with van der Waals surface area (Å²) in [5.41, 5.74) is -0.158. The van der Waals surface area contributed by atoms with Gasteiger partial charge in [0.15, 0.2) is 5.82 Å². The number of hydrogen-bond donors (Lipinski definition) is 0. The number of rotatable bonds is 5. The van der Waals surface area contributed by atoms with Crippen molar-refractivity contribution in [3.05, 3.63) is 64.9 Å². The summed E-state index contributed by atoms with van der Waals surface area (Å²) in [6.45, 7) is 1.99. The highest BCUT2D eigenvalue weighted by Crippen LogP contribution is 2.27. The Morgan fingerprint density at radius 3 is 2.68 bits per heavy atom. The maximum Gasteiger partial charge on any atom is 0.250 e. The molecule has 1 aliphatic heterocycles. The molecule has 0 aromatic carbocycles. The highest BCUT2D eigenvalue weighted by Gasteiger charge is 2.27. The van der Waals surface area contributed by atoms with Crippen LogP contribution in [0.1, 0.15) is 30.4 Å². The molecule has 9 heteroatoms. The van der Waals surface area contributed by atoms with Crippen LogP contribution < -0.4 is 5.56 Å². The van der Waals surface area contributed by atoms with Gasteiger partial charge in [-0.1, -0.05) is 6.07 Å². The zero-order chi connectivity index (χ0) is 19.5. The van der Waals surface area contributed by atoms with Crippen LogP contribution in [0.25, 0.3) is 0 Å². The molecule has 9 nitrogen and oxygen atoms in total. The fourth-order valence-corrected chi connectivity index (χ4v) is 3.63. The van der Waals surface area contributed by atoms with E-state index in [9.17, 15) is 9.59 Å². The zero-order valence-electron chi connectivity index (χ0n) is 15.8. The molecule has 0 atom stereocenters. The molecular weight excluding hydrogens is 358 g/mol. The summed E-state index contributed by atoms with van der Waals surface area (Å²) in [7, 11) is 1.98. The summed E-state index contributed by atoms with van der Waals surface area (Å²) in [6, 6.07) is 6.79. The van der Waals surface area contributed by atoms with Crippen molar-refractivity contribution in [3.63, 3.8) is 0 Å². The lowest BCUT2D eigenvalue weighted by molar-refractivity contribution is -0.133. The van der Waals surface area contributed by atoms with Crippen LogP contribution in [0.15, 0.2) is 47.7 Å². The van der Waals surface area contributed by atoms with Crippen molar-refractivity contribution in [2.75, 3.05) is 13.1 Å². The second-order valence-electron chi connectivity index (χ2n) is 7.06. The molecule has 4 rings (SSSR count). The summed E-state index contributed by atoms with van der Waals surface area (Å²) < 4.78 is 5.30. The van der Waals surface area contributed by atoms with Gasteiger partial charge in [-0.25, -0.2) is 0 Å². The van der Waals surface area contributed by atoms with E-state index in [1.807, 2.05) is 33.5 Å². The standard InChI is InChI=1S/C19H23N7O2/c1-23-16(13-26-10-4-8-20-26)21-22-19(23)15-6-11-24(12-7-15)18(28)14-25-9-3-2-5-17(25)27/h2-5,8-10,15H,6-7,11-14H2,1H3. The summed E-state index contributed by atoms with van der Waals surface area (Å²) in [4.78, 5) is 26.2. The molecule has 4 heterocycles. The van der Waals surface area contributed by atoms with Crippen molar-refractivity contribution in [1.82, 2.24) is 34.0 Å². The number of hydrogen-bond acceptors (Lipinski definition) is 5. The summed E-state index contributed by atoms with van der Waals surface area (Å²) in [6.07, 6.45) is 6.96. The van der Waals surface area contributed by atoms with Gasteiger partial charge in [-0.2, -0.15) is 5.10 Å². The second kappa shape index (κ2) is 7.79. The van der Waals surface area contributed by atoms with Crippen LogP contribution in [0, 0.1) is 0 Å². The molecule has 3 aromatic rings. The number of pyridine rings is 1. The van der Waals surface area contributed by atoms with E-state index in [-0.39, 0.29) is 23.9 Å². The number of amides is 1. The first-order valence-electron chi connectivity index (χ1n) is 9.40. The van der Waals surface area contributed by atoms with Crippen molar-refractivity contribution in [2.45, 2.75) is 31.8 Å². The Bertz CT molecular complexity index is 997. The first kappa shape index (κ1) is 18.1. The van der Waals surface area contributed by atoms with Crippen LogP contribution in [0.4, 0.5) is 0 Å². The first-order valence-corrected chi connectivity index (χ1v) is 9.40. The third kappa shape index (κ3) is 3.73. The normalized spacial score (nSPS) is 15.1. The van der Waals surface area contributed by atoms with E-state index < -0.39 is 0 Å². The van der Waals surface area contributed by atoms with Gasteiger partial charge in [0.05, 0.1) is 0 Å². The SMILES string of the molecule is Cn1c(Cn2cccn2)nnc1C1CCN(C(=O)Cn2ccccc2=O)CC1. The molecule has 3 aromatic heterocycles. The molecule has 0 bridgehead atoms. The molecule has 0 spiro atoms. The third-order valence-electron chi connectivity index (χ3n) is 5.28. The van der Waals surface area contributed by atoms with E-state index in [2.05, 4.69) is 15.3 Å². The summed E-state index contributed by atoms with van der Waals surface area (Å²) in [5, 5.41) is 12.9. The molecule has 0 saturated carbocycles. The van der Waals surface area contributed by atoms with Crippen LogP contribution in [0.3, 0.4) is 0 Å². The van der Waals surface area contributed by atoms with E-state index in [0.29, 0.717) is 19.6 Å². The fraction of sp³-hybridized carbons (Fsp3) is 0.421. The van der Waals surface area contributed by atoms with Crippen LogP contribution >= 0.6 is 0 Å². The van der Waals surface area contributed by atoms with E-state index >= 15 is 0 Å². The molecular formula is C19H23N7O2. The van der Waals surface area contributed by atoms with Gasteiger partial charge in [-0.15, -0.1) is 10.2 Å². The third-order valence-corrected chi connectivity index (χ3v) is 5.28. The lowest BCUT2D eigenvalue weighted by Crippen LogP contribution is -2.41. The van der Waals surface area contributed by atoms with Gasteiger partial charge < -0.3 is 14.0 Å². The molecule has 1 saturated heterocycles. The van der Waals surface area contributed by atoms with E-state index in [4.69, 9.17) is 0 Å². The van der Waals surface area contributed by atoms with Crippen molar-refractivity contribution in [3.8, 4) is 0 Å². The predicted octanol–water partition coefficient (Wildman–Crippen LogP) is 0.628. The van der Waals surface area contributed by atoms with Gasteiger partial charge in [0.1, 0.15) is 18.9 Å². The Kier molecular flexibility index (Phi) is 5.05. The lowest BCUT2D eigenvalue weighted by atomic mass is 9.96. The topological polar surface area (TPSA) is 90.8 Å². The Hall–Kier alpha value is -3.23. The van der Waals surface area contributed by atoms with Crippen molar-refractivity contribution in [2.24, 2.45) is 7.05 Å². The second-order valence-corrected chi connectivity index (χ2v) is 7.06. The number of likely N-dealkylation sites (tertiary alicyclic amines) is 1. The number of carbonyl (C=O) groups excluding carboxylic acids is 1. The highest BCUT2D eigenvalue weighted by atomic mass is 16.2. The van der Waals surface area contributed by atoms with Crippen molar-refractivity contribution in [1.29, 1.82) is 0 Å². The van der Waals surface area contributed by atoms with Gasteiger partial charge in [-0.3, -0.25) is 14.3 Å². The molecule has 1 amide bonds. The monoisotopic (exact) mass is 381 g/mol. The average molecular weight is 381 g/mol. The Labute approximate surface area is 162 Å². The number of carbonyl (C=O) groups is 1. The molecule has 0 unspecified atom stereocenters. The van der Waals surface area contributed by atoms with Crippen LogP contribution in [0.5, 0.6) is 0 Å². The molecule has 1 fully saturated rings. The van der Waals surface area contributed by atoms with E-state index in [0.717, 1.165) is 24.5 Å². The van der Waals surface area contributed by atoms with Gasteiger partial charge in [-0.05, 0) is 25.0 Å². The van der Waals surface area contributed by atoms with Gasteiger partial charge in [0.2, 0.25) is 5.91 Å². The fourth-order valence-electron chi connectivity index (χ4n) is 3.63. The number of nitrogens with zero attached hydrogens (tertiary/aromatic N) is 7. The van der Waals surface area contributed by atoms with Crippen molar-refractivity contribution >= 4 is 5.91 Å². The van der Waals surface area contributed by atoms with E-state index in [1.165, 1.54) is 10.6 Å². The smallest absolute Gasteiger partial charge is 0.250 e. The minimum atomic E-state index is -0.158. The minimum absolute atomic E-state index is 0.0240. The maximum atomic E-state index is 12.5. The minimum Gasteiger partial charge on any atom is -0.341 e. The largest absolute Gasteiger partial charge is 0.341 e. The molecule has 146 valence electrons. The lowest BCUT2D eigenvalue weighted by Gasteiger charge is -2.31. The van der Waals surface area contributed by atoms with Gasteiger partial charge in [0, 0.05) is 50.7 Å². The maximum absolute atomic E-state index is 12.5. The summed E-state index contributed by atoms with van der Waals surface area (Å²) >= 11 is 0. The van der Waals surface area contributed by atoms with Crippen LogP contribution in [0.2, 0.25) is 0 Å². The molecule has 0 radical (unpaired) electrons. The Morgan fingerprint density at radius 2 is 1.96 bits per heavy atom. The highest BCUT2D eigenvalue weighted by molar-refractivity contribution is 5.76. The predicted molar refractivity (Wildman–Crippen MR) is 102 cm³/mol. The molecule has 0 N–H and O–H groups in total. The van der Waals surface area contributed by atoms with Crippen molar-refractivity contribution < 1.29 is 4.79 Å². The quantitative estimate of drug-likeness (QED) is 0.646. The van der Waals surface area contributed by atoms with E-state index in [1.54, 1.807) is 24.5 Å². The first-order chi connectivity index (χ1) is 13.6.